The lowest BCUT2D eigenvalue weighted by molar-refractivity contribution is -0.116. The zero-order valence-corrected chi connectivity index (χ0v) is 16.3. The normalized spacial score (nSPS) is 14.3. The zero-order chi connectivity index (χ0) is 18.5. The van der Waals surface area contributed by atoms with Crippen molar-refractivity contribution in [3.05, 3.63) is 28.1 Å². The molecule has 1 aliphatic rings. The van der Waals surface area contributed by atoms with Gasteiger partial charge in [-0.1, -0.05) is 0 Å². The number of nitrogens with one attached hydrogen (secondary N) is 1. The Morgan fingerprint density at radius 1 is 1.38 bits per heavy atom. The number of carbonyl (C=O) groups is 1. The standard InChI is InChI=1S/C18H25N5O2S/c1-13-6-11-26-15(13)4-5-16(24)20-14-12-19-18(21-17(14)22(2)3)23-7-9-25-10-8-23/h6,11-12H,4-5,7-10H2,1-3H3,(H,20,24). The molecule has 0 spiro atoms. The third-order valence-corrected chi connectivity index (χ3v) is 5.38. The molecule has 0 aromatic carbocycles. The highest BCUT2D eigenvalue weighted by atomic mass is 32.1. The van der Waals surface area contributed by atoms with Crippen LogP contribution in [-0.2, 0) is 16.0 Å². The van der Waals surface area contributed by atoms with Crippen LogP contribution in [-0.4, -0.2) is 56.3 Å². The molecule has 0 bridgehead atoms. The van der Waals surface area contributed by atoms with Gasteiger partial charge in [0.1, 0.15) is 5.69 Å². The van der Waals surface area contributed by atoms with Crippen molar-refractivity contribution in [2.75, 3.05) is 55.5 Å². The van der Waals surface area contributed by atoms with Gasteiger partial charge in [0.25, 0.3) is 0 Å². The van der Waals surface area contributed by atoms with Crippen LogP contribution < -0.4 is 15.1 Å². The van der Waals surface area contributed by atoms with Crippen molar-refractivity contribution in [1.29, 1.82) is 0 Å². The molecule has 0 saturated carbocycles. The summed E-state index contributed by atoms with van der Waals surface area (Å²) in [5, 5.41) is 5.02. The average Bonchev–Trinajstić information content (AvgIpc) is 3.06. The van der Waals surface area contributed by atoms with Gasteiger partial charge in [-0.3, -0.25) is 4.79 Å². The third-order valence-electron chi connectivity index (χ3n) is 4.29. The number of rotatable bonds is 6. The number of anilines is 3. The maximum Gasteiger partial charge on any atom is 0.227 e. The van der Waals surface area contributed by atoms with E-state index in [0.717, 1.165) is 19.5 Å². The fraction of sp³-hybridized carbons (Fsp3) is 0.500. The third kappa shape index (κ3) is 4.50. The molecule has 2 aromatic heterocycles. The number of thiophene rings is 1. The Hall–Kier alpha value is -2.19. The Morgan fingerprint density at radius 3 is 2.81 bits per heavy atom. The summed E-state index contributed by atoms with van der Waals surface area (Å²) in [6.07, 6.45) is 2.89. The first-order valence-electron chi connectivity index (χ1n) is 8.74. The Balaban J connectivity index is 1.68. The molecule has 0 aliphatic carbocycles. The summed E-state index contributed by atoms with van der Waals surface area (Å²) in [6.45, 7) is 4.99. The number of morpholine rings is 1. The van der Waals surface area contributed by atoms with Gasteiger partial charge in [-0.2, -0.15) is 4.98 Å². The average molecular weight is 375 g/mol. The van der Waals surface area contributed by atoms with E-state index >= 15 is 0 Å². The number of ether oxygens (including phenoxy) is 1. The fourth-order valence-corrected chi connectivity index (χ4v) is 3.72. The smallest absolute Gasteiger partial charge is 0.227 e. The molecule has 1 fully saturated rings. The van der Waals surface area contributed by atoms with E-state index in [-0.39, 0.29) is 5.91 Å². The van der Waals surface area contributed by atoms with E-state index in [4.69, 9.17) is 4.74 Å². The lowest BCUT2D eigenvalue weighted by Gasteiger charge is -2.28. The van der Waals surface area contributed by atoms with Crippen molar-refractivity contribution in [2.45, 2.75) is 19.8 Å². The minimum absolute atomic E-state index is 0.0244. The molecular weight excluding hydrogens is 350 g/mol. The molecule has 3 rings (SSSR count). The summed E-state index contributed by atoms with van der Waals surface area (Å²) in [7, 11) is 3.83. The Bertz CT molecular complexity index is 756. The number of hydrogen-bond acceptors (Lipinski definition) is 7. The molecule has 1 amide bonds. The Labute approximate surface area is 158 Å². The highest BCUT2D eigenvalue weighted by molar-refractivity contribution is 7.10. The second-order valence-electron chi connectivity index (χ2n) is 6.48. The summed E-state index contributed by atoms with van der Waals surface area (Å²) < 4.78 is 5.38. The molecule has 1 saturated heterocycles. The minimum atomic E-state index is -0.0244. The van der Waals surface area contributed by atoms with E-state index in [2.05, 4.69) is 38.6 Å². The monoisotopic (exact) mass is 375 g/mol. The second kappa shape index (κ2) is 8.46. The number of hydrogen-bond donors (Lipinski definition) is 1. The van der Waals surface area contributed by atoms with Gasteiger partial charge in [0.05, 0.1) is 19.4 Å². The lowest BCUT2D eigenvalue weighted by atomic mass is 10.2. The van der Waals surface area contributed by atoms with E-state index in [1.54, 1.807) is 17.5 Å². The van der Waals surface area contributed by atoms with Crippen LogP contribution >= 0.6 is 11.3 Å². The largest absolute Gasteiger partial charge is 0.378 e. The highest BCUT2D eigenvalue weighted by Gasteiger charge is 2.18. The van der Waals surface area contributed by atoms with Gasteiger partial charge in [-0.05, 0) is 30.4 Å². The van der Waals surface area contributed by atoms with Gasteiger partial charge in [0.15, 0.2) is 5.82 Å². The van der Waals surface area contributed by atoms with Crippen LogP contribution in [0.5, 0.6) is 0 Å². The first kappa shape index (κ1) is 18.6. The summed E-state index contributed by atoms with van der Waals surface area (Å²) in [5.41, 5.74) is 1.88. The van der Waals surface area contributed by atoms with Crippen LogP contribution in [0.2, 0.25) is 0 Å². The van der Waals surface area contributed by atoms with Gasteiger partial charge in [0.2, 0.25) is 11.9 Å². The Kier molecular flexibility index (Phi) is 6.05. The number of amides is 1. The van der Waals surface area contributed by atoms with Gasteiger partial charge < -0.3 is 19.9 Å². The van der Waals surface area contributed by atoms with Crippen LogP contribution in [0.4, 0.5) is 17.5 Å². The van der Waals surface area contributed by atoms with E-state index in [9.17, 15) is 4.79 Å². The molecule has 0 unspecified atom stereocenters. The predicted octanol–water partition coefficient (Wildman–Crippen LogP) is 2.32. The molecule has 7 nitrogen and oxygen atoms in total. The molecule has 1 N–H and O–H groups in total. The van der Waals surface area contributed by atoms with Crippen molar-refractivity contribution in [1.82, 2.24) is 9.97 Å². The summed E-state index contributed by atoms with van der Waals surface area (Å²) in [5.74, 6) is 1.36. The van der Waals surface area contributed by atoms with Crippen LogP contribution in [0.25, 0.3) is 0 Å². The lowest BCUT2D eigenvalue weighted by Crippen LogP contribution is -2.37. The van der Waals surface area contributed by atoms with Gasteiger partial charge >= 0.3 is 0 Å². The van der Waals surface area contributed by atoms with Crippen molar-refractivity contribution >= 4 is 34.7 Å². The van der Waals surface area contributed by atoms with Crippen LogP contribution in [0.3, 0.4) is 0 Å². The Morgan fingerprint density at radius 2 is 2.15 bits per heavy atom. The number of nitrogens with zero attached hydrogens (tertiary/aromatic N) is 4. The number of aryl methyl sites for hydroxylation is 2. The number of carbonyl (C=O) groups excluding carboxylic acids is 1. The van der Waals surface area contributed by atoms with Crippen LogP contribution in [0, 0.1) is 6.92 Å². The van der Waals surface area contributed by atoms with Crippen molar-refractivity contribution in [3.63, 3.8) is 0 Å². The molecular formula is C18H25N5O2S. The highest BCUT2D eigenvalue weighted by Crippen LogP contribution is 2.25. The second-order valence-corrected chi connectivity index (χ2v) is 7.48. The molecule has 3 heterocycles. The van der Waals surface area contributed by atoms with Gasteiger partial charge in [-0.15, -0.1) is 11.3 Å². The van der Waals surface area contributed by atoms with Crippen LogP contribution in [0.1, 0.15) is 16.9 Å². The van der Waals surface area contributed by atoms with Gasteiger partial charge in [0, 0.05) is 38.5 Å². The summed E-state index contributed by atoms with van der Waals surface area (Å²) in [6, 6.07) is 2.08. The van der Waals surface area contributed by atoms with Gasteiger partial charge in [-0.25, -0.2) is 4.98 Å². The first-order valence-corrected chi connectivity index (χ1v) is 9.62. The summed E-state index contributed by atoms with van der Waals surface area (Å²) in [4.78, 5) is 26.7. The molecule has 8 heteroatoms. The van der Waals surface area contributed by atoms with Crippen molar-refractivity contribution in [2.24, 2.45) is 0 Å². The fourth-order valence-electron chi connectivity index (χ4n) is 2.81. The molecule has 140 valence electrons. The van der Waals surface area contributed by atoms with E-state index in [0.29, 0.717) is 37.1 Å². The van der Waals surface area contributed by atoms with Crippen LogP contribution in [0.15, 0.2) is 17.6 Å². The quantitative estimate of drug-likeness (QED) is 0.836. The van der Waals surface area contributed by atoms with E-state index in [1.165, 1.54) is 10.4 Å². The minimum Gasteiger partial charge on any atom is -0.378 e. The van der Waals surface area contributed by atoms with Crippen molar-refractivity contribution < 1.29 is 9.53 Å². The number of aromatic nitrogens is 2. The van der Waals surface area contributed by atoms with Crippen molar-refractivity contribution in [3.8, 4) is 0 Å². The molecule has 0 atom stereocenters. The maximum absolute atomic E-state index is 12.4. The molecule has 1 aliphatic heterocycles. The predicted molar refractivity (Wildman–Crippen MR) is 105 cm³/mol. The molecule has 2 aromatic rings. The molecule has 0 radical (unpaired) electrons. The van der Waals surface area contributed by atoms with E-state index < -0.39 is 0 Å². The summed E-state index contributed by atoms with van der Waals surface area (Å²) >= 11 is 1.69. The van der Waals surface area contributed by atoms with E-state index in [1.807, 2.05) is 19.0 Å². The zero-order valence-electron chi connectivity index (χ0n) is 15.5. The maximum atomic E-state index is 12.4. The topological polar surface area (TPSA) is 70.6 Å². The SMILES string of the molecule is Cc1ccsc1CCC(=O)Nc1cnc(N2CCOCC2)nc1N(C)C. The molecule has 26 heavy (non-hydrogen) atoms. The first-order chi connectivity index (χ1) is 12.5.